The van der Waals surface area contributed by atoms with E-state index in [4.69, 9.17) is 4.74 Å². The van der Waals surface area contributed by atoms with Crippen molar-refractivity contribution in [2.75, 3.05) is 11.9 Å². The summed E-state index contributed by atoms with van der Waals surface area (Å²) in [4.78, 5) is 0. The van der Waals surface area contributed by atoms with Crippen molar-refractivity contribution in [3.05, 3.63) is 33.5 Å². The predicted octanol–water partition coefficient (Wildman–Crippen LogP) is 3.84. The first-order valence-corrected chi connectivity index (χ1v) is 7.44. The molecule has 0 saturated heterocycles. The molecule has 19 heavy (non-hydrogen) atoms. The zero-order valence-corrected chi connectivity index (χ0v) is 12.7. The lowest BCUT2D eigenvalue weighted by Gasteiger charge is -2.04. The van der Waals surface area contributed by atoms with Gasteiger partial charge in [-0.15, -0.1) is 10.2 Å². The highest BCUT2D eigenvalue weighted by Crippen LogP contribution is 2.22. The van der Waals surface area contributed by atoms with Gasteiger partial charge in [0.1, 0.15) is 18.2 Å². The van der Waals surface area contributed by atoms with Crippen LogP contribution in [0.4, 0.5) is 9.52 Å². The molecule has 0 bridgehead atoms. The van der Waals surface area contributed by atoms with Crippen LogP contribution in [0.1, 0.15) is 18.4 Å². The largest absolute Gasteiger partial charge is 0.486 e. The first kappa shape index (κ1) is 14.2. The number of aromatic nitrogens is 2. The Hall–Kier alpha value is -1.21. The maximum Gasteiger partial charge on any atom is 0.205 e. The van der Waals surface area contributed by atoms with E-state index in [1.807, 2.05) is 0 Å². The van der Waals surface area contributed by atoms with Crippen LogP contribution < -0.4 is 10.1 Å². The monoisotopic (exact) mass is 345 g/mol. The third-order valence-corrected chi connectivity index (χ3v) is 3.74. The van der Waals surface area contributed by atoms with E-state index in [1.54, 1.807) is 12.1 Å². The van der Waals surface area contributed by atoms with E-state index in [9.17, 15) is 4.39 Å². The maximum absolute atomic E-state index is 13.3. The van der Waals surface area contributed by atoms with Crippen molar-refractivity contribution in [3.63, 3.8) is 0 Å². The molecule has 0 radical (unpaired) electrons. The smallest absolute Gasteiger partial charge is 0.205 e. The minimum atomic E-state index is -0.347. The molecule has 0 aliphatic carbocycles. The number of nitrogens with one attached hydrogen (secondary N) is 1. The fraction of sp³-hybridized carbons (Fsp3) is 0.333. The molecule has 2 aromatic rings. The molecule has 1 N–H and O–H groups in total. The van der Waals surface area contributed by atoms with Crippen molar-refractivity contribution in [2.24, 2.45) is 0 Å². The average molecular weight is 346 g/mol. The van der Waals surface area contributed by atoms with Gasteiger partial charge in [-0.1, -0.05) is 18.3 Å². The van der Waals surface area contributed by atoms with E-state index in [0.29, 0.717) is 10.2 Å². The van der Waals surface area contributed by atoms with Crippen LogP contribution >= 0.6 is 27.3 Å². The first-order valence-electron chi connectivity index (χ1n) is 5.83. The minimum Gasteiger partial charge on any atom is -0.486 e. The number of rotatable bonds is 6. The van der Waals surface area contributed by atoms with Gasteiger partial charge in [-0.05, 0) is 34.5 Å². The molecular formula is C12H13BrFN3OS. The molecule has 1 aromatic heterocycles. The van der Waals surface area contributed by atoms with Crippen LogP contribution in [0.15, 0.2) is 22.7 Å². The van der Waals surface area contributed by atoms with Crippen molar-refractivity contribution in [1.82, 2.24) is 10.2 Å². The van der Waals surface area contributed by atoms with Crippen molar-refractivity contribution in [3.8, 4) is 5.75 Å². The Morgan fingerprint density at radius 2 is 2.26 bits per heavy atom. The summed E-state index contributed by atoms with van der Waals surface area (Å²) in [6.07, 6.45) is 1.03. The summed E-state index contributed by atoms with van der Waals surface area (Å²) < 4.78 is 19.2. The van der Waals surface area contributed by atoms with Crippen molar-refractivity contribution in [1.29, 1.82) is 0 Å². The Bertz CT molecular complexity index is 550. The molecule has 1 heterocycles. The van der Waals surface area contributed by atoms with Gasteiger partial charge in [-0.3, -0.25) is 0 Å². The Balaban J connectivity index is 1.91. The summed E-state index contributed by atoms with van der Waals surface area (Å²) in [5.74, 6) is 0.124. The predicted molar refractivity (Wildman–Crippen MR) is 77.1 cm³/mol. The molecule has 2 rings (SSSR count). The van der Waals surface area contributed by atoms with Crippen molar-refractivity contribution in [2.45, 2.75) is 20.0 Å². The van der Waals surface area contributed by atoms with E-state index in [-0.39, 0.29) is 12.4 Å². The van der Waals surface area contributed by atoms with Gasteiger partial charge in [0, 0.05) is 12.6 Å². The van der Waals surface area contributed by atoms with Gasteiger partial charge in [0.2, 0.25) is 5.13 Å². The molecule has 0 atom stereocenters. The van der Waals surface area contributed by atoms with Crippen LogP contribution in [-0.4, -0.2) is 16.7 Å². The Morgan fingerprint density at radius 3 is 3.00 bits per heavy atom. The summed E-state index contributed by atoms with van der Waals surface area (Å²) in [5, 5.41) is 12.7. The standard InChI is InChI=1S/C12H13BrFN3OS/c1-2-5-15-12-17-16-11(19-12)7-18-8-3-4-9(13)10(14)6-8/h3-4,6H,2,5,7H2,1H3,(H,15,17). The number of nitrogens with zero attached hydrogens (tertiary/aromatic N) is 2. The fourth-order valence-electron chi connectivity index (χ4n) is 1.33. The van der Waals surface area contributed by atoms with Gasteiger partial charge in [0.25, 0.3) is 0 Å². The lowest BCUT2D eigenvalue weighted by atomic mass is 10.3. The molecule has 7 heteroatoms. The highest BCUT2D eigenvalue weighted by atomic mass is 79.9. The molecule has 0 fully saturated rings. The van der Waals surface area contributed by atoms with E-state index < -0.39 is 0 Å². The van der Waals surface area contributed by atoms with Gasteiger partial charge < -0.3 is 10.1 Å². The summed E-state index contributed by atoms with van der Waals surface area (Å²) in [6, 6.07) is 4.64. The molecule has 0 amide bonds. The Labute approximate surface area is 123 Å². The van der Waals surface area contributed by atoms with Crippen LogP contribution in [0.25, 0.3) is 0 Å². The van der Waals surface area contributed by atoms with E-state index in [0.717, 1.165) is 23.1 Å². The molecule has 0 saturated carbocycles. The van der Waals surface area contributed by atoms with Gasteiger partial charge in [0.05, 0.1) is 4.47 Å². The van der Waals surface area contributed by atoms with Crippen LogP contribution in [0.5, 0.6) is 5.75 Å². The second kappa shape index (κ2) is 6.81. The van der Waals surface area contributed by atoms with E-state index in [2.05, 4.69) is 38.4 Å². The molecular weight excluding hydrogens is 333 g/mol. The lowest BCUT2D eigenvalue weighted by Crippen LogP contribution is -1.98. The average Bonchev–Trinajstić information content (AvgIpc) is 2.86. The van der Waals surface area contributed by atoms with Crippen LogP contribution in [0.3, 0.4) is 0 Å². The molecule has 0 aliphatic rings. The maximum atomic E-state index is 13.3. The minimum absolute atomic E-state index is 0.284. The van der Waals surface area contributed by atoms with Gasteiger partial charge in [-0.25, -0.2) is 4.39 Å². The summed E-state index contributed by atoms with van der Waals surface area (Å²) in [5.41, 5.74) is 0. The van der Waals surface area contributed by atoms with Crippen LogP contribution in [-0.2, 0) is 6.61 Å². The molecule has 0 aliphatic heterocycles. The molecule has 102 valence electrons. The van der Waals surface area contributed by atoms with E-state index in [1.165, 1.54) is 17.4 Å². The number of benzene rings is 1. The number of ether oxygens (including phenoxy) is 1. The Morgan fingerprint density at radius 1 is 1.42 bits per heavy atom. The van der Waals surface area contributed by atoms with Crippen LogP contribution in [0, 0.1) is 5.82 Å². The normalized spacial score (nSPS) is 10.5. The number of anilines is 1. The van der Waals surface area contributed by atoms with Gasteiger partial charge in [-0.2, -0.15) is 0 Å². The lowest BCUT2D eigenvalue weighted by molar-refractivity contribution is 0.303. The highest BCUT2D eigenvalue weighted by Gasteiger charge is 2.06. The second-order valence-electron chi connectivity index (χ2n) is 3.79. The molecule has 0 unspecified atom stereocenters. The SMILES string of the molecule is CCCNc1nnc(COc2ccc(Br)c(F)c2)s1. The van der Waals surface area contributed by atoms with Crippen LogP contribution in [0.2, 0.25) is 0 Å². The van der Waals surface area contributed by atoms with E-state index >= 15 is 0 Å². The van der Waals surface area contributed by atoms with Crippen molar-refractivity contribution >= 4 is 32.4 Å². The number of hydrogen-bond acceptors (Lipinski definition) is 5. The summed E-state index contributed by atoms with van der Waals surface area (Å²) in [6.45, 7) is 3.24. The molecule has 1 aromatic carbocycles. The Kier molecular flexibility index (Phi) is 5.09. The number of halogens is 2. The summed E-state index contributed by atoms with van der Waals surface area (Å²) in [7, 11) is 0. The van der Waals surface area contributed by atoms with Gasteiger partial charge in [0.15, 0.2) is 5.01 Å². The third-order valence-electron chi connectivity index (χ3n) is 2.25. The van der Waals surface area contributed by atoms with Crippen molar-refractivity contribution < 1.29 is 9.13 Å². The van der Waals surface area contributed by atoms with Gasteiger partial charge >= 0.3 is 0 Å². The fourth-order valence-corrected chi connectivity index (χ4v) is 2.25. The number of hydrogen-bond donors (Lipinski definition) is 1. The molecule has 4 nitrogen and oxygen atoms in total. The zero-order chi connectivity index (χ0) is 13.7. The zero-order valence-electron chi connectivity index (χ0n) is 10.3. The summed E-state index contributed by atoms with van der Waals surface area (Å²) >= 11 is 4.53. The highest BCUT2D eigenvalue weighted by molar-refractivity contribution is 9.10. The molecule has 0 spiro atoms. The first-order chi connectivity index (χ1) is 9.19. The quantitative estimate of drug-likeness (QED) is 0.863. The third kappa shape index (κ3) is 4.14. The second-order valence-corrected chi connectivity index (χ2v) is 5.71. The topological polar surface area (TPSA) is 47.0 Å².